The molecule has 0 spiro atoms. The lowest BCUT2D eigenvalue weighted by atomic mass is 9.73. The van der Waals surface area contributed by atoms with Crippen LogP contribution < -0.4 is 0 Å². The van der Waals surface area contributed by atoms with E-state index in [-0.39, 0.29) is 29.5 Å². The second-order valence-corrected chi connectivity index (χ2v) is 8.34. The molecule has 2 heterocycles. The fraction of sp³-hybridized carbons (Fsp3) is 0.652. The van der Waals surface area contributed by atoms with E-state index >= 15 is 0 Å². The van der Waals surface area contributed by atoms with Crippen molar-refractivity contribution < 1.29 is 19.1 Å². The summed E-state index contributed by atoms with van der Waals surface area (Å²) in [4.78, 5) is 27.1. The molecule has 2 saturated heterocycles. The number of carbonyl (C=O) groups is 2. The van der Waals surface area contributed by atoms with E-state index in [1.54, 1.807) is 0 Å². The summed E-state index contributed by atoms with van der Waals surface area (Å²) < 4.78 is 11.9. The minimum absolute atomic E-state index is 0.0696. The minimum Gasteiger partial charge on any atom is -0.379 e. The van der Waals surface area contributed by atoms with Gasteiger partial charge >= 0.3 is 0 Å². The Hall–Kier alpha value is -1.52. The molecule has 0 radical (unpaired) electrons. The summed E-state index contributed by atoms with van der Waals surface area (Å²) >= 11 is 0. The Morgan fingerprint density at radius 2 is 1.78 bits per heavy atom. The molecule has 0 N–H and O–H groups in total. The van der Waals surface area contributed by atoms with Gasteiger partial charge in [0.1, 0.15) is 11.5 Å². The molecule has 5 atom stereocenters. The molecule has 0 aromatic heterocycles. The van der Waals surface area contributed by atoms with Crippen molar-refractivity contribution in [2.75, 3.05) is 13.2 Å². The normalized spacial score (nSPS) is 34.5. The van der Waals surface area contributed by atoms with Crippen LogP contribution in [-0.4, -0.2) is 36.5 Å². The number of ether oxygens (including phenoxy) is 2. The zero-order chi connectivity index (χ0) is 19.3. The lowest BCUT2D eigenvalue weighted by molar-refractivity contribution is -0.133. The molecular formula is C23H30O4. The van der Waals surface area contributed by atoms with Crippen LogP contribution in [0.1, 0.15) is 61.8 Å². The van der Waals surface area contributed by atoms with Crippen molar-refractivity contribution in [2.24, 2.45) is 11.8 Å². The maximum atomic E-state index is 13.6. The Morgan fingerprint density at radius 3 is 2.37 bits per heavy atom. The maximum Gasteiger partial charge on any atom is 0.154 e. The molecule has 1 aromatic rings. The smallest absolute Gasteiger partial charge is 0.154 e. The molecular weight excluding hydrogens is 340 g/mol. The van der Waals surface area contributed by atoms with E-state index in [9.17, 15) is 9.59 Å². The molecule has 0 amide bonds. The molecule has 2 bridgehead atoms. The van der Waals surface area contributed by atoms with E-state index in [0.717, 1.165) is 42.4 Å². The average molecular weight is 370 g/mol. The lowest BCUT2D eigenvalue weighted by Crippen LogP contribution is -2.44. The second kappa shape index (κ2) is 6.82. The van der Waals surface area contributed by atoms with Crippen LogP contribution in [0.4, 0.5) is 0 Å². The van der Waals surface area contributed by atoms with Crippen LogP contribution >= 0.6 is 0 Å². The summed E-state index contributed by atoms with van der Waals surface area (Å²) in [6.45, 7) is 9.25. The van der Waals surface area contributed by atoms with Gasteiger partial charge < -0.3 is 9.47 Å². The number of benzene rings is 1. The number of fused-ring (bicyclic) bond motifs is 5. The quantitative estimate of drug-likeness (QED) is 0.719. The summed E-state index contributed by atoms with van der Waals surface area (Å²) in [5, 5.41) is 0. The highest BCUT2D eigenvalue weighted by Crippen LogP contribution is 2.58. The topological polar surface area (TPSA) is 52.6 Å². The molecule has 3 fully saturated rings. The molecule has 1 aromatic carbocycles. The first kappa shape index (κ1) is 18.8. The first-order valence-corrected chi connectivity index (χ1v) is 10.4. The van der Waals surface area contributed by atoms with Crippen LogP contribution in [0.2, 0.25) is 0 Å². The molecule has 4 heteroatoms. The van der Waals surface area contributed by atoms with E-state index in [2.05, 4.69) is 32.9 Å². The van der Waals surface area contributed by atoms with Gasteiger partial charge in [0.2, 0.25) is 0 Å². The van der Waals surface area contributed by atoms with Gasteiger partial charge in [0.05, 0.1) is 24.5 Å². The van der Waals surface area contributed by atoms with Crippen molar-refractivity contribution in [1.29, 1.82) is 0 Å². The van der Waals surface area contributed by atoms with Gasteiger partial charge in [-0.25, -0.2) is 0 Å². The summed E-state index contributed by atoms with van der Waals surface area (Å²) in [7, 11) is 0. The highest BCUT2D eigenvalue weighted by Gasteiger charge is 2.69. The number of hydrogen-bond donors (Lipinski definition) is 0. The third kappa shape index (κ3) is 2.64. The Labute approximate surface area is 161 Å². The highest BCUT2D eigenvalue weighted by molar-refractivity contribution is 6.17. The molecule has 1 unspecified atom stereocenters. The third-order valence-electron chi connectivity index (χ3n) is 6.87. The van der Waals surface area contributed by atoms with E-state index in [4.69, 9.17) is 9.47 Å². The first-order valence-electron chi connectivity index (χ1n) is 10.4. The van der Waals surface area contributed by atoms with Crippen molar-refractivity contribution >= 4 is 11.6 Å². The molecule has 146 valence electrons. The van der Waals surface area contributed by atoms with E-state index < -0.39 is 11.5 Å². The largest absolute Gasteiger partial charge is 0.379 e. The zero-order valence-corrected chi connectivity index (χ0v) is 16.8. The number of hydrogen-bond acceptors (Lipinski definition) is 4. The Morgan fingerprint density at radius 1 is 1.11 bits per heavy atom. The van der Waals surface area contributed by atoms with Crippen LogP contribution in [0.15, 0.2) is 12.1 Å². The molecule has 27 heavy (non-hydrogen) atoms. The van der Waals surface area contributed by atoms with Crippen LogP contribution in [-0.2, 0) is 31.9 Å². The maximum absolute atomic E-state index is 13.6. The van der Waals surface area contributed by atoms with E-state index in [1.165, 1.54) is 5.56 Å². The summed E-state index contributed by atoms with van der Waals surface area (Å²) in [6, 6.07) is 4.29. The SMILES string of the molecule is CCOC[C@]12CC[C@H](O1)[C@@H]1C(=O)C(c3c(CC)cc(C)cc3CC)C(=O)[C@@H]12. The van der Waals surface area contributed by atoms with Gasteiger partial charge in [-0.05, 0) is 56.2 Å². The Balaban J connectivity index is 1.78. The second-order valence-electron chi connectivity index (χ2n) is 8.34. The lowest BCUT2D eigenvalue weighted by Gasteiger charge is -2.31. The molecule has 2 aliphatic heterocycles. The van der Waals surface area contributed by atoms with Gasteiger partial charge in [0.25, 0.3) is 0 Å². The predicted molar refractivity (Wildman–Crippen MR) is 103 cm³/mol. The van der Waals surface area contributed by atoms with Crippen molar-refractivity contribution in [3.63, 3.8) is 0 Å². The van der Waals surface area contributed by atoms with Gasteiger partial charge in [-0.3, -0.25) is 9.59 Å². The summed E-state index contributed by atoms with van der Waals surface area (Å²) in [5.41, 5.74) is 3.88. The van der Waals surface area contributed by atoms with Gasteiger partial charge in [-0.15, -0.1) is 0 Å². The van der Waals surface area contributed by atoms with Crippen molar-refractivity contribution in [2.45, 2.75) is 71.0 Å². The molecule has 3 aliphatic rings. The minimum atomic E-state index is -0.615. The van der Waals surface area contributed by atoms with Crippen LogP contribution in [0.3, 0.4) is 0 Å². The number of aryl methyl sites for hydroxylation is 3. The molecule has 4 rings (SSSR count). The van der Waals surface area contributed by atoms with Crippen LogP contribution in [0.25, 0.3) is 0 Å². The molecule has 1 saturated carbocycles. The molecule has 4 nitrogen and oxygen atoms in total. The van der Waals surface area contributed by atoms with Gasteiger partial charge in [0.15, 0.2) is 11.6 Å². The molecule has 1 aliphatic carbocycles. The first-order chi connectivity index (χ1) is 13.0. The van der Waals surface area contributed by atoms with Crippen LogP contribution in [0, 0.1) is 18.8 Å². The van der Waals surface area contributed by atoms with Gasteiger partial charge in [-0.1, -0.05) is 31.5 Å². The Kier molecular flexibility index (Phi) is 4.76. The number of Topliss-reactive ketones (excluding diaryl/α,β-unsaturated/α-hetero) is 2. The summed E-state index contributed by atoms with van der Waals surface area (Å²) in [6.07, 6.45) is 3.23. The highest BCUT2D eigenvalue weighted by atomic mass is 16.6. The van der Waals surface area contributed by atoms with Gasteiger partial charge in [-0.2, -0.15) is 0 Å². The number of carbonyl (C=O) groups excluding carboxylic acids is 2. The third-order valence-corrected chi connectivity index (χ3v) is 6.87. The van der Waals surface area contributed by atoms with Crippen molar-refractivity contribution in [1.82, 2.24) is 0 Å². The Bertz CT molecular complexity index is 758. The van der Waals surface area contributed by atoms with Crippen LogP contribution in [0.5, 0.6) is 0 Å². The fourth-order valence-corrected chi connectivity index (χ4v) is 5.79. The summed E-state index contributed by atoms with van der Waals surface area (Å²) in [5.74, 6) is -1.08. The fourth-order valence-electron chi connectivity index (χ4n) is 5.79. The van der Waals surface area contributed by atoms with Crippen molar-refractivity contribution in [3.8, 4) is 0 Å². The van der Waals surface area contributed by atoms with Gasteiger partial charge in [0, 0.05) is 6.61 Å². The van der Waals surface area contributed by atoms with Crippen molar-refractivity contribution in [3.05, 3.63) is 34.4 Å². The zero-order valence-electron chi connectivity index (χ0n) is 16.8. The monoisotopic (exact) mass is 370 g/mol. The van der Waals surface area contributed by atoms with E-state index in [1.807, 2.05) is 6.92 Å². The standard InChI is InChI=1S/C23H30O4/c1-5-14-10-13(4)11-15(6-2)17(14)19-21(24)18-16-8-9-23(27-16,12-26-7-3)20(18)22(19)25/h10-11,16,18-20H,5-9,12H2,1-4H3/t16-,18-,19?,20+,23-/m0/s1. The number of rotatable bonds is 6. The number of ketones is 2. The van der Waals surface area contributed by atoms with E-state index in [0.29, 0.717) is 13.2 Å². The average Bonchev–Trinajstić information content (AvgIpc) is 3.30. The predicted octanol–water partition coefficient (Wildman–Crippen LogP) is 3.56.